The Kier molecular flexibility index (Phi) is 14.4. The lowest BCUT2D eigenvalue weighted by Gasteiger charge is -2.23. The molecule has 0 aromatic heterocycles. The van der Waals surface area contributed by atoms with Crippen molar-refractivity contribution in [2.45, 2.75) is 72.1 Å². The summed E-state index contributed by atoms with van der Waals surface area (Å²) in [5, 5.41) is 5.24. The van der Waals surface area contributed by atoms with Crippen LogP contribution in [0.15, 0.2) is 206 Å². The molecule has 0 saturated heterocycles. The zero-order chi connectivity index (χ0) is 41.7. The third kappa shape index (κ3) is 10.7. The maximum atomic E-state index is 2.39. The fourth-order valence-corrected chi connectivity index (χ4v) is 8.32. The first kappa shape index (κ1) is 41.9. The van der Waals surface area contributed by atoms with Crippen molar-refractivity contribution >= 4 is 27.1 Å². The Morgan fingerprint density at radius 1 is 0.483 bits per heavy atom. The van der Waals surface area contributed by atoms with Gasteiger partial charge in [0.15, 0.2) is 0 Å². The fraction of sp³-hybridized carbons (Fsp3) is 0.200. The van der Waals surface area contributed by atoms with Crippen molar-refractivity contribution in [3.8, 4) is 11.1 Å². The van der Waals surface area contributed by atoms with E-state index in [9.17, 15) is 0 Å². The Hall–Kier alpha value is -6.24. The summed E-state index contributed by atoms with van der Waals surface area (Å²) >= 11 is 0. The highest BCUT2D eigenvalue weighted by atomic mass is 14.2. The van der Waals surface area contributed by atoms with Gasteiger partial charge in [-0.15, -0.1) is 0 Å². The van der Waals surface area contributed by atoms with Crippen LogP contribution in [0, 0.1) is 5.92 Å². The number of allylic oxidation sites excluding steroid dienone is 4. The van der Waals surface area contributed by atoms with Gasteiger partial charge in [-0.25, -0.2) is 0 Å². The molecule has 0 amide bonds. The second-order valence-corrected chi connectivity index (χ2v) is 16.2. The summed E-state index contributed by atoms with van der Waals surface area (Å²) in [5.74, 6) is 1.49. The minimum absolute atomic E-state index is 0.352. The lowest BCUT2D eigenvalue weighted by Crippen LogP contribution is -2.07. The van der Waals surface area contributed by atoms with Gasteiger partial charge in [-0.2, -0.15) is 0 Å². The first-order valence-electron chi connectivity index (χ1n) is 22.2. The molecule has 0 saturated carbocycles. The van der Waals surface area contributed by atoms with Gasteiger partial charge in [-0.1, -0.05) is 241 Å². The smallest absolute Gasteiger partial charge is 0.00954 e. The molecule has 9 rings (SSSR count). The Labute approximate surface area is 360 Å². The molecule has 0 spiro atoms. The molecule has 300 valence electrons. The molecule has 8 aromatic rings. The number of fused-ring (bicyclic) bond motifs is 2. The van der Waals surface area contributed by atoms with E-state index < -0.39 is 0 Å². The van der Waals surface area contributed by atoms with Crippen LogP contribution >= 0.6 is 0 Å². The van der Waals surface area contributed by atoms with E-state index in [0.29, 0.717) is 17.8 Å². The number of hydrogen-bond acceptors (Lipinski definition) is 0. The van der Waals surface area contributed by atoms with Gasteiger partial charge < -0.3 is 0 Å². The molecule has 0 heterocycles. The number of benzene rings is 8. The summed E-state index contributed by atoms with van der Waals surface area (Å²) in [7, 11) is 0. The predicted molar refractivity (Wildman–Crippen MR) is 262 cm³/mol. The minimum atomic E-state index is 0.352. The Bertz CT molecular complexity index is 2540. The highest BCUT2D eigenvalue weighted by Gasteiger charge is 2.20. The van der Waals surface area contributed by atoms with Gasteiger partial charge in [0, 0.05) is 5.92 Å². The maximum Gasteiger partial charge on any atom is 0.00954 e. The second-order valence-electron chi connectivity index (χ2n) is 16.2. The van der Waals surface area contributed by atoms with Crippen LogP contribution in [0.5, 0.6) is 0 Å². The number of aryl methyl sites for hydroxylation is 1. The first-order valence-corrected chi connectivity index (χ1v) is 22.2. The highest BCUT2D eigenvalue weighted by Crippen LogP contribution is 2.37. The van der Waals surface area contributed by atoms with Crippen LogP contribution in [-0.4, -0.2) is 0 Å². The maximum absolute atomic E-state index is 2.39. The molecule has 8 aromatic carbocycles. The molecule has 60 heavy (non-hydrogen) atoms. The molecule has 1 aliphatic carbocycles. The minimum Gasteiger partial charge on any atom is -0.0808 e. The van der Waals surface area contributed by atoms with E-state index in [4.69, 9.17) is 0 Å². The molecule has 1 unspecified atom stereocenters. The largest absolute Gasteiger partial charge is 0.0808 e. The van der Waals surface area contributed by atoms with Crippen LogP contribution in [0.25, 0.3) is 38.2 Å². The summed E-state index contributed by atoms with van der Waals surface area (Å²) in [4.78, 5) is 0. The van der Waals surface area contributed by atoms with Gasteiger partial charge in [-0.3, -0.25) is 0 Å². The van der Waals surface area contributed by atoms with Crippen molar-refractivity contribution in [1.82, 2.24) is 0 Å². The molecule has 0 nitrogen and oxygen atoms in total. The van der Waals surface area contributed by atoms with Crippen molar-refractivity contribution in [3.05, 3.63) is 245 Å². The number of hydrogen-bond donors (Lipinski definition) is 0. The second kappa shape index (κ2) is 20.6. The molecule has 0 aliphatic heterocycles. The Morgan fingerprint density at radius 3 is 1.47 bits per heavy atom. The lowest BCUT2D eigenvalue weighted by molar-refractivity contribution is 0.617. The highest BCUT2D eigenvalue weighted by molar-refractivity contribution is 5.85. The van der Waals surface area contributed by atoms with Gasteiger partial charge in [0.1, 0.15) is 0 Å². The molecular weight excluding hydrogens is 721 g/mol. The molecule has 0 heteroatoms. The van der Waals surface area contributed by atoms with E-state index in [1.165, 1.54) is 77.2 Å². The van der Waals surface area contributed by atoms with Gasteiger partial charge in [0.2, 0.25) is 0 Å². The van der Waals surface area contributed by atoms with E-state index in [1.807, 2.05) is 13.8 Å². The lowest BCUT2D eigenvalue weighted by atomic mass is 9.80. The SMILES string of the molecule is CC.CC1C=CC(c2ccc(Cc3ccc(-c4ccccc4)cc3)cc2)=CC1.CCc1ccc([C@H](C)CC(c2ccc3ccccc3c2)c2ccc3ccccc3c2)cc1. The van der Waals surface area contributed by atoms with E-state index in [2.05, 4.69) is 227 Å². The van der Waals surface area contributed by atoms with Crippen molar-refractivity contribution < 1.29 is 0 Å². The molecular formula is C60H60. The normalized spacial score (nSPS) is 13.8. The van der Waals surface area contributed by atoms with E-state index in [0.717, 1.165) is 25.7 Å². The summed E-state index contributed by atoms with van der Waals surface area (Å²) in [6.07, 6.45) is 11.2. The van der Waals surface area contributed by atoms with E-state index >= 15 is 0 Å². The quantitative estimate of drug-likeness (QED) is 0.130. The Balaban J connectivity index is 0.000000178. The zero-order valence-electron chi connectivity index (χ0n) is 36.2. The molecule has 0 N–H and O–H groups in total. The van der Waals surface area contributed by atoms with Gasteiger partial charge in [-0.05, 0) is 115 Å². The molecule has 0 fully saturated rings. The summed E-state index contributed by atoms with van der Waals surface area (Å²) in [5.41, 5.74) is 13.5. The molecule has 0 radical (unpaired) electrons. The van der Waals surface area contributed by atoms with Gasteiger partial charge in [0.05, 0.1) is 0 Å². The van der Waals surface area contributed by atoms with Crippen molar-refractivity contribution in [2.75, 3.05) is 0 Å². The van der Waals surface area contributed by atoms with Gasteiger partial charge in [0.25, 0.3) is 0 Å². The Morgan fingerprint density at radius 2 is 0.950 bits per heavy atom. The fourth-order valence-electron chi connectivity index (χ4n) is 8.32. The van der Waals surface area contributed by atoms with Crippen molar-refractivity contribution in [1.29, 1.82) is 0 Å². The van der Waals surface area contributed by atoms with Crippen LogP contribution in [0.1, 0.15) is 98.2 Å². The monoisotopic (exact) mass is 780 g/mol. The van der Waals surface area contributed by atoms with Crippen LogP contribution in [-0.2, 0) is 12.8 Å². The zero-order valence-corrected chi connectivity index (χ0v) is 36.2. The van der Waals surface area contributed by atoms with Crippen LogP contribution in [0.2, 0.25) is 0 Å². The first-order chi connectivity index (χ1) is 29.5. The standard InChI is InChI=1S/C32H30.C26H24.C2H6/c1-3-24-12-14-25(15-13-24)23(2)20-32(30-18-16-26-8-4-6-10-28(26)21-30)31-19-17-27-9-5-7-11-29(27)22-31;1-20-7-13-24(14-8-20)26-17-11-22(12-18-26)19-21-9-15-25(16-10-21)23-5-3-2-4-6-23;1-2/h4-19,21-23,32H,3,20H2,1-2H3;2-7,9-18,20H,8,19H2,1H3;1-2H3/t23-;;/m1../s1. The summed E-state index contributed by atoms with van der Waals surface area (Å²) < 4.78 is 0. The van der Waals surface area contributed by atoms with Crippen molar-refractivity contribution in [3.63, 3.8) is 0 Å². The summed E-state index contributed by atoms with van der Waals surface area (Å²) in [6.45, 7) is 10.8. The molecule has 1 aliphatic rings. The average molecular weight is 781 g/mol. The molecule has 2 atom stereocenters. The van der Waals surface area contributed by atoms with Crippen LogP contribution < -0.4 is 0 Å². The number of rotatable bonds is 10. The molecule has 0 bridgehead atoms. The van der Waals surface area contributed by atoms with Crippen LogP contribution in [0.4, 0.5) is 0 Å². The third-order valence-corrected chi connectivity index (χ3v) is 12.0. The van der Waals surface area contributed by atoms with E-state index in [-0.39, 0.29) is 0 Å². The van der Waals surface area contributed by atoms with Crippen molar-refractivity contribution in [2.24, 2.45) is 5.92 Å². The average Bonchev–Trinajstić information content (AvgIpc) is 3.32. The van der Waals surface area contributed by atoms with Gasteiger partial charge >= 0.3 is 0 Å². The third-order valence-electron chi connectivity index (χ3n) is 12.0. The van der Waals surface area contributed by atoms with Crippen LogP contribution in [0.3, 0.4) is 0 Å². The summed E-state index contributed by atoms with van der Waals surface area (Å²) in [6, 6.07) is 69.0. The van der Waals surface area contributed by atoms with E-state index in [1.54, 1.807) is 0 Å². The topological polar surface area (TPSA) is 0 Å². The predicted octanol–water partition coefficient (Wildman–Crippen LogP) is 16.8.